The molecule has 1 atom stereocenters. The lowest BCUT2D eigenvalue weighted by atomic mass is 10.1. The molecule has 2 rings (SSSR count). The fourth-order valence-electron chi connectivity index (χ4n) is 3.00. The Morgan fingerprint density at radius 1 is 1.50 bits per heavy atom. The van der Waals surface area contributed by atoms with Gasteiger partial charge in [0.05, 0.1) is 0 Å². The van der Waals surface area contributed by atoms with Gasteiger partial charge < -0.3 is 15.4 Å². The van der Waals surface area contributed by atoms with Gasteiger partial charge in [-0.15, -0.1) is 0 Å². The average Bonchev–Trinajstić information content (AvgIpc) is 2.94. The molecule has 20 heavy (non-hydrogen) atoms. The van der Waals surface area contributed by atoms with Gasteiger partial charge in [0.15, 0.2) is 0 Å². The number of nitrogens with one attached hydrogen (secondary N) is 1. The van der Waals surface area contributed by atoms with E-state index in [1.807, 2.05) is 0 Å². The van der Waals surface area contributed by atoms with E-state index in [4.69, 9.17) is 10.9 Å². The van der Waals surface area contributed by atoms with Crippen LogP contribution in [0.1, 0.15) is 44.6 Å². The molecule has 0 saturated carbocycles. The number of nitrogen functional groups attached to an aromatic ring is 1. The number of aliphatic hydroxyl groups excluding tert-OH is 1. The van der Waals surface area contributed by atoms with Crippen LogP contribution in [0.5, 0.6) is 0 Å². The molecule has 112 valence electrons. The Labute approximate surface area is 120 Å². The summed E-state index contributed by atoms with van der Waals surface area (Å²) in [6.07, 6.45) is 7.72. The molecule has 1 aliphatic rings. The summed E-state index contributed by atoms with van der Waals surface area (Å²) in [5, 5.41) is 9.03. The van der Waals surface area contributed by atoms with E-state index < -0.39 is 0 Å². The Morgan fingerprint density at radius 2 is 2.35 bits per heavy atom. The molecule has 0 aromatic carbocycles. The summed E-state index contributed by atoms with van der Waals surface area (Å²) < 4.78 is 0. The highest BCUT2D eigenvalue weighted by Crippen LogP contribution is 2.31. The van der Waals surface area contributed by atoms with E-state index in [0.29, 0.717) is 6.04 Å². The van der Waals surface area contributed by atoms with Gasteiger partial charge in [-0.3, -0.25) is 0 Å². The van der Waals surface area contributed by atoms with Crippen LogP contribution in [0, 0.1) is 0 Å². The van der Waals surface area contributed by atoms with Gasteiger partial charge >= 0.3 is 0 Å². The zero-order chi connectivity index (χ0) is 14.4. The predicted octanol–water partition coefficient (Wildman–Crippen LogP) is 1.46. The Morgan fingerprint density at radius 3 is 3.05 bits per heavy atom. The number of nitrogens with zero attached hydrogens (tertiary/aromatic N) is 3. The second kappa shape index (κ2) is 7.40. The number of hydrogen-bond acceptors (Lipinski definition) is 6. The monoisotopic (exact) mass is 279 g/mol. The molecule has 2 heterocycles. The van der Waals surface area contributed by atoms with Crippen molar-refractivity contribution >= 4 is 11.6 Å². The van der Waals surface area contributed by atoms with Gasteiger partial charge in [0.1, 0.15) is 18.0 Å². The first-order chi connectivity index (χ1) is 9.81. The molecule has 0 radical (unpaired) electrons. The maximum Gasteiger partial charge on any atom is 0.148 e. The minimum atomic E-state index is 0.255. The van der Waals surface area contributed by atoms with Crippen molar-refractivity contribution in [3.63, 3.8) is 0 Å². The topological polar surface area (TPSA) is 87.3 Å². The first-order valence-electron chi connectivity index (χ1n) is 7.49. The van der Waals surface area contributed by atoms with E-state index in [1.54, 1.807) is 6.33 Å². The second-order valence-electron chi connectivity index (χ2n) is 5.27. The maximum absolute atomic E-state index is 9.03. The standard InChI is InChI=1S/C14H25N5O/c1-2-5-12-13(18-15)16-10-17-14(12)19-8-3-6-11(19)7-4-9-20/h10-11,20H,2-9,15H2,1H3,(H,16,17,18). The van der Waals surface area contributed by atoms with Crippen LogP contribution in [0.3, 0.4) is 0 Å². The van der Waals surface area contributed by atoms with Crippen molar-refractivity contribution in [2.24, 2.45) is 5.84 Å². The van der Waals surface area contributed by atoms with E-state index in [-0.39, 0.29) is 6.61 Å². The van der Waals surface area contributed by atoms with Crippen LogP contribution in [-0.4, -0.2) is 34.3 Å². The molecule has 0 amide bonds. The van der Waals surface area contributed by atoms with Crippen molar-refractivity contribution in [1.82, 2.24) is 9.97 Å². The molecule has 1 aromatic rings. The number of nitrogens with two attached hydrogens (primary N) is 1. The maximum atomic E-state index is 9.03. The van der Waals surface area contributed by atoms with Gasteiger partial charge in [0.2, 0.25) is 0 Å². The van der Waals surface area contributed by atoms with Crippen molar-refractivity contribution < 1.29 is 5.11 Å². The number of anilines is 2. The normalized spacial score (nSPS) is 18.6. The highest BCUT2D eigenvalue weighted by molar-refractivity contribution is 5.59. The minimum absolute atomic E-state index is 0.255. The largest absolute Gasteiger partial charge is 0.396 e. The van der Waals surface area contributed by atoms with Gasteiger partial charge in [-0.25, -0.2) is 15.8 Å². The third kappa shape index (κ3) is 3.19. The lowest BCUT2D eigenvalue weighted by molar-refractivity contribution is 0.279. The van der Waals surface area contributed by atoms with Crippen LogP contribution in [-0.2, 0) is 6.42 Å². The minimum Gasteiger partial charge on any atom is -0.396 e. The van der Waals surface area contributed by atoms with Crippen molar-refractivity contribution in [3.05, 3.63) is 11.9 Å². The summed E-state index contributed by atoms with van der Waals surface area (Å²) in [5.41, 5.74) is 3.79. The van der Waals surface area contributed by atoms with Crippen molar-refractivity contribution in [1.29, 1.82) is 0 Å². The van der Waals surface area contributed by atoms with Crippen molar-refractivity contribution in [3.8, 4) is 0 Å². The number of aromatic nitrogens is 2. The number of hydrogen-bond donors (Lipinski definition) is 3. The molecule has 6 nitrogen and oxygen atoms in total. The molecule has 0 aliphatic carbocycles. The van der Waals surface area contributed by atoms with Crippen LogP contribution >= 0.6 is 0 Å². The van der Waals surface area contributed by atoms with E-state index in [9.17, 15) is 0 Å². The third-order valence-electron chi connectivity index (χ3n) is 3.90. The van der Waals surface area contributed by atoms with Gasteiger partial charge in [-0.1, -0.05) is 13.3 Å². The summed E-state index contributed by atoms with van der Waals surface area (Å²) in [6.45, 7) is 3.42. The molecular formula is C14H25N5O. The van der Waals surface area contributed by atoms with Crippen LogP contribution < -0.4 is 16.2 Å². The zero-order valence-corrected chi connectivity index (χ0v) is 12.2. The van der Waals surface area contributed by atoms with Crippen molar-refractivity contribution in [2.45, 2.75) is 51.5 Å². The molecule has 0 spiro atoms. The molecule has 1 aromatic heterocycles. The average molecular weight is 279 g/mol. The fourth-order valence-corrected chi connectivity index (χ4v) is 3.00. The summed E-state index contributed by atoms with van der Waals surface area (Å²) in [4.78, 5) is 11.1. The molecule has 1 aliphatic heterocycles. The quantitative estimate of drug-likeness (QED) is 0.517. The molecule has 4 N–H and O–H groups in total. The van der Waals surface area contributed by atoms with Gasteiger partial charge in [0.25, 0.3) is 0 Å². The Balaban J connectivity index is 2.25. The Hall–Kier alpha value is -1.40. The van der Waals surface area contributed by atoms with Gasteiger partial charge in [-0.2, -0.15) is 0 Å². The summed E-state index contributed by atoms with van der Waals surface area (Å²) >= 11 is 0. The molecule has 1 unspecified atom stereocenters. The zero-order valence-electron chi connectivity index (χ0n) is 12.2. The first kappa shape index (κ1) is 15.0. The van der Waals surface area contributed by atoms with Crippen LogP contribution in [0.4, 0.5) is 11.6 Å². The molecule has 0 bridgehead atoms. The van der Waals surface area contributed by atoms with E-state index >= 15 is 0 Å². The second-order valence-corrected chi connectivity index (χ2v) is 5.27. The predicted molar refractivity (Wildman–Crippen MR) is 80.5 cm³/mol. The molecule has 1 saturated heterocycles. The van der Waals surface area contributed by atoms with Gasteiger partial charge in [-0.05, 0) is 32.1 Å². The smallest absolute Gasteiger partial charge is 0.148 e. The van der Waals surface area contributed by atoms with Crippen LogP contribution in [0.15, 0.2) is 6.33 Å². The summed E-state index contributed by atoms with van der Waals surface area (Å²) in [7, 11) is 0. The first-order valence-corrected chi connectivity index (χ1v) is 7.49. The van der Waals surface area contributed by atoms with E-state index in [1.165, 1.54) is 12.8 Å². The SMILES string of the molecule is CCCc1c(NN)ncnc1N1CCCC1CCCO. The highest BCUT2D eigenvalue weighted by Gasteiger charge is 2.27. The Kier molecular flexibility index (Phi) is 5.55. The Bertz CT molecular complexity index is 426. The van der Waals surface area contributed by atoms with E-state index in [0.717, 1.165) is 49.4 Å². The fraction of sp³-hybridized carbons (Fsp3) is 0.714. The van der Waals surface area contributed by atoms with E-state index in [2.05, 4.69) is 27.2 Å². The van der Waals surface area contributed by atoms with Crippen LogP contribution in [0.25, 0.3) is 0 Å². The molecular weight excluding hydrogens is 254 g/mol. The lowest BCUT2D eigenvalue weighted by Crippen LogP contribution is -2.31. The number of aliphatic hydroxyl groups is 1. The lowest BCUT2D eigenvalue weighted by Gasteiger charge is -2.28. The van der Waals surface area contributed by atoms with Gasteiger partial charge in [0, 0.05) is 24.8 Å². The third-order valence-corrected chi connectivity index (χ3v) is 3.90. The highest BCUT2D eigenvalue weighted by atomic mass is 16.2. The van der Waals surface area contributed by atoms with Crippen molar-refractivity contribution in [2.75, 3.05) is 23.5 Å². The van der Waals surface area contributed by atoms with Crippen LogP contribution in [0.2, 0.25) is 0 Å². The summed E-state index contributed by atoms with van der Waals surface area (Å²) in [6, 6.07) is 0.471. The summed E-state index contributed by atoms with van der Waals surface area (Å²) in [5.74, 6) is 7.31. The molecule has 1 fully saturated rings. The number of rotatable bonds is 7. The molecule has 6 heteroatoms. The number of hydrazine groups is 1.